The molecule has 0 radical (unpaired) electrons. The van der Waals surface area contributed by atoms with Crippen molar-refractivity contribution in [1.82, 2.24) is 10.2 Å². The van der Waals surface area contributed by atoms with Crippen molar-refractivity contribution in [3.8, 4) is 0 Å². The fraction of sp³-hybridized carbons (Fsp3) is 0.312. The highest BCUT2D eigenvalue weighted by Gasteiger charge is 2.19. The highest BCUT2D eigenvalue weighted by Crippen LogP contribution is 2.23. The Morgan fingerprint density at radius 3 is 2.64 bits per heavy atom. The van der Waals surface area contributed by atoms with Gasteiger partial charge in [0, 0.05) is 12.1 Å². The summed E-state index contributed by atoms with van der Waals surface area (Å²) >= 11 is 5.94. The maximum absolute atomic E-state index is 11.9. The Morgan fingerprint density at radius 2 is 2.00 bits per heavy atom. The molecule has 0 amide bonds. The maximum Gasteiger partial charge on any atom is 0.342 e. The summed E-state index contributed by atoms with van der Waals surface area (Å²) in [7, 11) is 1.32. The third-order valence-corrected chi connectivity index (χ3v) is 3.85. The number of ether oxygens (including phenoxy) is 1. The lowest BCUT2D eigenvalue weighted by Gasteiger charge is -2.13. The van der Waals surface area contributed by atoms with Gasteiger partial charge in [0.05, 0.1) is 7.11 Å². The second kappa shape index (κ2) is 6.75. The molecule has 6 heteroatoms. The smallest absolute Gasteiger partial charge is 0.342 e. The van der Waals surface area contributed by atoms with Gasteiger partial charge in [0.15, 0.2) is 11.0 Å². The van der Waals surface area contributed by atoms with Crippen LogP contribution in [0.15, 0.2) is 18.2 Å². The van der Waals surface area contributed by atoms with Crippen molar-refractivity contribution in [3.63, 3.8) is 0 Å². The van der Waals surface area contributed by atoms with Crippen LogP contribution in [0.25, 0.3) is 0 Å². The standard InChI is InChI=1S/C16H18ClN3O2/c1-9-5-6-12(10(2)7-9)8-18-15-13(16(21)22-4)11(3)14(17)19-20-15/h5-7H,8H2,1-4H3,(H,18,20). The van der Waals surface area contributed by atoms with Gasteiger partial charge in [-0.05, 0) is 31.9 Å². The molecule has 1 aromatic carbocycles. The van der Waals surface area contributed by atoms with Crippen molar-refractivity contribution < 1.29 is 9.53 Å². The number of benzene rings is 1. The lowest BCUT2D eigenvalue weighted by molar-refractivity contribution is 0.0600. The van der Waals surface area contributed by atoms with E-state index < -0.39 is 5.97 Å². The van der Waals surface area contributed by atoms with E-state index in [-0.39, 0.29) is 5.15 Å². The van der Waals surface area contributed by atoms with Crippen LogP contribution >= 0.6 is 11.6 Å². The summed E-state index contributed by atoms with van der Waals surface area (Å²) in [6.07, 6.45) is 0. The first kappa shape index (κ1) is 16.2. The molecule has 0 atom stereocenters. The van der Waals surface area contributed by atoms with E-state index in [0.29, 0.717) is 23.5 Å². The zero-order valence-electron chi connectivity index (χ0n) is 13.0. The van der Waals surface area contributed by atoms with Gasteiger partial charge in [-0.1, -0.05) is 35.4 Å². The molecule has 0 bridgehead atoms. The first-order valence-electron chi connectivity index (χ1n) is 6.85. The fourth-order valence-electron chi connectivity index (χ4n) is 2.20. The summed E-state index contributed by atoms with van der Waals surface area (Å²) in [5.74, 6) is -0.119. The van der Waals surface area contributed by atoms with Gasteiger partial charge in [0.1, 0.15) is 5.56 Å². The Labute approximate surface area is 134 Å². The third-order valence-electron chi connectivity index (χ3n) is 3.49. The van der Waals surface area contributed by atoms with Crippen LogP contribution in [0, 0.1) is 20.8 Å². The van der Waals surface area contributed by atoms with Crippen molar-refractivity contribution in [2.24, 2.45) is 0 Å². The van der Waals surface area contributed by atoms with E-state index in [1.165, 1.54) is 18.2 Å². The van der Waals surface area contributed by atoms with Crippen molar-refractivity contribution in [2.45, 2.75) is 27.3 Å². The van der Waals surface area contributed by atoms with Gasteiger partial charge in [-0.15, -0.1) is 10.2 Å². The number of aryl methyl sites for hydroxylation is 2. The zero-order chi connectivity index (χ0) is 16.3. The van der Waals surface area contributed by atoms with Gasteiger partial charge < -0.3 is 10.1 Å². The van der Waals surface area contributed by atoms with E-state index in [9.17, 15) is 4.79 Å². The van der Waals surface area contributed by atoms with E-state index >= 15 is 0 Å². The van der Waals surface area contributed by atoms with Gasteiger partial charge in [-0.25, -0.2) is 4.79 Å². The molecule has 116 valence electrons. The van der Waals surface area contributed by atoms with Crippen LogP contribution in [0.5, 0.6) is 0 Å². The lowest BCUT2D eigenvalue weighted by atomic mass is 10.1. The molecular weight excluding hydrogens is 302 g/mol. The molecule has 0 aliphatic carbocycles. The normalized spacial score (nSPS) is 10.4. The van der Waals surface area contributed by atoms with Crippen LogP contribution < -0.4 is 5.32 Å². The highest BCUT2D eigenvalue weighted by molar-refractivity contribution is 6.30. The fourth-order valence-corrected chi connectivity index (χ4v) is 2.33. The van der Waals surface area contributed by atoms with Gasteiger partial charge in [0.25, 0.3) is 0 Å². The van der Waals surface area contributed by atoms with Gasteiger partial charge in [-0.2, -0.15) is 0 Å². The first-order chi connectivity index (χ1) is 10.4. The minimum absolute atomic E-state index is 0.192. The molecule has 2 rings (SSSR count). The summed E-state index contributed by atoms with van der Waals surface area (Å²) < 4.78 is 4.80. The number of carbonyl (C=O) groups excluding carboxylic acids is 1. The number of halogens is 1. The molecule has 0 aliphatic heterocycles. The molecule has 0 saturated heterocycles. The summed E-state index contributed by atoms with van der Waals surface area (Å²) in [5.41, 5.74) is 4.36. The minimum atomic E-state index is -0.488. The molecular formula is C16H18ClN3O2. The van der Waals surface area contributed by atoms with E-state index in [1.54, 1.807) is 6.92 Å². The Hall–Kier alpha value is -2.14. The molecule has 22 heavy (non-hydrogen) atoms. The molecule has 0 aliphatic rings. The first-order valence-corrected chi connectivity index (χ1v) is 7.23. The molecule has 1 N–H and O–H groups in total. The number of methoxy groups -OCH3 is 1. The monoisotopic (exact) mass is 319 g/mol. The van der Waals surface area contributed by atoms with Crippen LogP contribution in [0.3, 0.4) is 0 Å². The van der Waals surface area contributed by atoms with Gasteiger partial charge in [0.2, 0.25) is 0 Å². The second-order valence-corrected chi connectivity index (χ2v) is 5.47. The number of nitrogens with one attached hydrogen (secondary N) is 1. The summed E-state index contributed by atoms with van der Waals surface area (Å²) in [5, 5.41) is 11.2. The third kappa shape index (κ3) is 3.36. The van der Waals surface area contributed by atoms with E-state index in [0.717, 1.165) is 5.56 Å². The van der Waals surface area contributed by atoms with Gasteiger partial charge >= 0.3 is 5.97 Å². The topological polar surface area (TPSA) is 64.1 Å². The quantitative estimate of drug-likeness (QED) is 0.874. The molecule has 0 spiro atoms. The summed E-state index contributed by atoms with van der Waals surface area (Å²) in [6, 6.07) is 6.20. The molecule has 0 fully saturated rings. The Morgan fingerprint density at radius 1 is 1.27 bits per heavy atom. The molecule has 1 aromatic heterocycles. The summed E-state index contributed by atoms with van der Waals surface area (Å²) in [4.78, 5) is 11.9. The molecule has 2 aromatic rings. The van der Waals surface area contributed by atoms with E-state index in [1.807, 2.05) is 26.0 Å². The van der Waals surface area contributed by atoms with Crippen LogP contribution in [0.2, 0.25) is 5.15 Å². The molecule has 5 nitrogen and oxygen atoms in total. The number of nitrogens with zero attached hydrogens (tertiary/aromatic N) is 2. The molecule has 0 unspecified atom stereocenters. The van der Waals surface area contributed by atoms with Crippen LogP contribution in [0.4, 0.5) is 5.82 Å². The Balaban J connectivity index is 2.30. The zero-order valence-corrected chi connectivity index (χ0v) is 13.8. The number of hydrogen-bond acceptors (Lipinski definition) is 5. The number of carbonyl (C=O) groups is 1. The van der Waals surface area contributed by atoms with Crippen LogP contribution in [0.1, 0.15) is 32.6 Å². The number of rotatable bonds is 4. The average molecular weight is 320 g/mol. The van der Waals surface area contributed by atoms with E-state index in [2.05, 4.69) is 21.6 Å². The summed E-state index contributed by atoms with van der Waals surface area (Å²) in [6.45, 7) is 6.34. The number of aromatic nitrogens is 2. The van der Waals surface area contributed by atoms with Crippen molar-refractivity contribution in [2.75, 3.05) is 12.4 Å². The Bertz CT molecular complexity index is 717. The molecule has 0 saturated carbocycles. The van der Waals surface area contributed by atoms with Crippen molar-refractivity contribution in [3.05, 3.63) is 51.2 Å². The predicted molar refractivity (Wildman–Crippen MR) is 86.4 cm³/mol. The van der Waals surface area contributed by atoms with E-state index in [4.69, 9.17) is 16.3 Å². The predicted octanol–water partition coefficient (Wildman–Crippen LogP) is 3.45. The second-order valence-electron chi connectivity index (χ2n) is 5.11. The SMILES string of the molecule is COC(=O)c1c(NCc2ccc(C)cc2C)nnc(Cl)c1C. The lowest BCUT2D eigenvalue weighted by Crippen LogP contribution is -2.13. The molecule has 1 heterocycles. The van der Waals surface area contributed by atoms with Crippen LogP contribution in [-0.2, 0) is 11.3 Å². The van der Waals surface area contributed by atoms with Gasteiger partial charge in [-0.3, -0.25) is 0 Å². The highest BCUT2D eigenvalue weighted by atomic mass is 35.5. The largest absolute Gasteiger partial charge is 0.465 e. The van der Waals surface area contributed by atoms with Crippen LogP contribution in [-0.4, -0.2) is 23.3 Å². The maximum atomic E-state index is 11.9. The average Bonchev–Trinajstić information content (AvgIpc) is 2.49. The Kier molecular flexibility index (Phi) is 4.98. The van der Waals surface area contributed by atoms with Crippen molar-refractivity contribution >= 4 is 23.4 Å². The minimum Gasteiger partial charge on any atom is -0.465 e. The number of hydrogen-bond donors (Lipinski definition) is 1. The number of esters is 1. The van der Waals surface area contributed by atoms with Crippen molar-refractivity contribution in [1.29, 1.82) is 0 Å². The number of anilines is 1.